The number of carbonyl (C=O) groups excluding carboxylic acids is 4. The van der Waals surface area contributed by atoms with Gasteiger partial charge in [0, 0.05) is 36.8 Å². The first-order valence-corrected chi connectivity index (χ1v) is 15.3. The summed E-state index contributed by atoms with van der Waals surface area (Å²) in [7, 11) is 1.65. The van der Waals surface area contributed by atoms with Crippen LogP contribution in [0.4, 0.5) is 9.59 Å². The van der Waals surface area contributed by atoms with Crippen molar-refractivity contribution < 1.29 is 38.5 Å². The van der Waals surface area contributed by atoms with Crippen LogP contribution in [0.25, 0.3) is 0 Å². The fourth-order valence-electron chi connectivity index (χ4n) is 4.99. The summed E-state index contributed by atoms with van der Waals surface area (Å²) < 4.78 is 15.8. The Hall–Kier alpha value is -4.03. The summed E-state index contributed by atoms with van der Waals surface area (Å²) in [4.78, 5) is 56.3. The number of aliphatic hydroxyl groups excluding tert-OH is 1. The number of benzene rings is 1. The van der Waals surface area contributed by atoms with Gasteiger partial charge in [-0.05, 0) is 30.9 Å². The third-order valence-electron chi connectivity index (χ3n) is 6.94. The normalized spacial score (nSPS) is 18.4. The summed E-state index contributed by atoms with van der Waals surface area (Å²) in [6.45, 7) is 13.4. The second-order valence-electron chi connectivity index (χ2n) is 10.5. The number of hydrogen-bond acceptors (Lipinski definition) is 9. The number of nitrogens with zero attached hydrogens (tertiary/aromatic N) is 3. The van der Waals surface area contributed by atoms with Gasteiger partial charge in [-0.1, -0.05) is 62.2 Å². The van der Waals surface area contributed by atoms with Crippen LogP contribution in [0.2, 0.25) is 0 Å². The lowest BCUT2D eigenvalue weighted by Crippen LogP contribution is -2.33. The molecule has 1 saturated heterocycles. The predicted octanol–water partition coefficient (Wildman–Crippen LogP) is 4.56. The molecule has 1 aromatic carbocycles. The van der Waals surface area contributed by atoms with E-state index in [4.69, 9.17) is 14.2 Å². The molecule has 2 aliphatic rings. The molecule has 1 fully saturated rings. The molecule has 0 radical (unpaired) electrons. The summed E-state index contributed by atoms with van der Waals surface area (Å²) in [5.41, 5.74) is 1.95. The molecule has 0 spiro atoms. The minimum atomic E-state index is -0.853. The van der Waals surface area contributed by atoms with Gasteiger partial charge in [0.1, 0.15) is 25.5 Å². The van der Waals surface area contributed by atoms with Crippen molar-refractivity contribution in [3.05, 3.63) is 84.0 Å². The molecule has 0 aliphatic carbocycles. The molecular formula is C32H41N3O8S. The van der Waals surface area contributed by atoms with Crippen molar-refractivity contribution in [3.8, 4) is 0 Å². The van der Waals surface area contributed by atoms with Gasteiger partial charge < -0.3 is 34.0 Å². The third-order valence-corrected chi connectivity index (χ3v) is 8.30. The Balaban J connectivity index is 1.82. The minimum absolute atomic E-state index is 0.00503. The van der Waals surface area contributed by atoms with Crippen molar-refractivity contribution in [1.29, 1.82) is 0 Å². The van der Waals surface area contributed by atoms with E-state index in [1.54, 1.807) is 11.9 Å². The zero-order valence-corrected chi connectivity index (χ0v) is 26.1. The quantitative estimate of drug-likeness (QED) is 0.180. The Morgan fingerprint density at radius 1 is 1.05 bits per heavy atom. The van der Waals surface area contributed by atoms with Crippen LogP contribution in [0, 0.1) is 0 Å². The van der Waals surface area contributed by atoms with Crippen LogP contribution in [0.5, 0.6) is 0 Å². The third kappa shape index (κ3) is 9.23. The number of aliphatic hydroxyl groups is 1. The van der Waals surface area contributed by atoms with Crippen molar-refractivity contribution in [2.45, 2.75) is 50.1 Å². The highest BCUT2D eigenvalue weighted by Gasteiger charge is 2.41. The van der Waals surface area contributed by atoms with Gasteiger partial charge in [-0.15, -0.1) is 11.8 Å². The Labute approximate surface area is 262 Å². The number of amides is 3. The molecule has 3 amide bonds. The van der Waals surface area contributed by atoms with E-state index in [9.17, 15) is 24.3 Å². The fourth-order valence-corrected chi connectivity index (χ4v) is 6.42. The summed E-state index contributed by atoms with van der Waals surface area (Å²) in [6.07, 6.45) is 3.58. The molecule has 11 nitrogen and oxygen atoms in total. The van der Waals surface area contributed by atoms with Gasteiger partial charge in [-0.25, -0.2) is 14.4 Å². The molecule has 1 N–H and O–H groups in total. The lowest BCUT2D eigenvalue weighted by atomic mass is 10.0. The largest absolute Gasteiger partial charge is 0.457 e. The number of ether oxygens (including phenoxy) is 3. The zero-order valence-electron chi connectivity index (χ0n) is 25.3. The average molecular weight is 628 g/mol. The number of likely N-dealkylation sites (tertiary alicyclic amines) is 1. The topological polar surface area (TPSA) is 126 Å². The first-order valence-electron chi connectivity index (χ1n) is 14.4. The van der Waals surface area contributed by atoms with Crippen molar-refractivity contribution in [1.82, 2.24) is 14.7 Å². The molecule has 2 aliphatic heterocycles. The summed E-state index contributed by atoms with van der Waals surface area (Å²) in [5.74, 6) is -0.991. The van der Waals surface area contributed by atoms with E-state index < -0.39 is 24.3 Å². The number of rotatable bonds is 14. The molecule has 0 bridgehead atoms. The lowest BCUT2D eigenvalue weighted by molar-refractivity contribution is -0.143. The van der Waals surface area contributed by atoms with E-state index in [1.807, 2.05) is 24.3 Å². The Kier molecular flexibility index (Phi) is 13.1. The monoisotopic (exact) mass is 627 g/mol. The van der Waals surface area contributed by atoms with Gasteiger partial charge in [-0.3, -0.25) is 4.79 Å². The van der Waals surface area contributed by atoms with Crippen LogP contribution < -0.4 is 0 Å². The first kappa shape index (κ1) is 34.5. The molecule has 3 atom stereocenters. The van der Waals surface area contributed by atoms with Crippen LogP contribution in [0.15, 0.2) is 72.8 Å². The fraction of sp³-hybridized carbons (Fsp3) is 0.438. The number of thioether (sulfide) groups is 1. The van der Waals surface area contributed by atoms with E-state index in [1.165, 1.54) is 46.7 Å². The van der Waals surface area contributed by atoms with E-state index >= 15 is 0 Å². The molecular weight excluding hydrogens is 586 g/mol. The van der Waals surface area contributed by atoms with Gasteiger partial charge in [-0.2, -0.15) is 0 Å². The molecule has 1 unspecified atom stereocenters. The first-order chi connectivity index (χ1) is 21.1. The average Bonchev–Trinajstić information content (AvgIpc) is 3.62. The van der Waals surface area contributed by atoms with E-state index in [0.29, 0.717) is 37.4 Å². The number of esters is 1. The van der Waals surface area contributed by atoms with Crippen molar-refractivity contribution in [2.75, 3.05) is 40.0 Å². The van der Waals surface area contributed by atoms with Crippen LogP contribution in [0.3, 0.4) is 0 Å². The van der Waals surface area contributed by atoms with Gasteiger partial charge in [0.2, 0.25) is 5.91 Å². The molecule has 1 aromatic rings. The standard InChI is InChI=1S/C32H41N3O8S/c1-6-15-41-30(38)29-27(13-14-34(29)28(37)18-22(4)36)44-25-19-26(35(21-25)32(40)43-17-8-3)24-11-9-23(10-12-24)20-33(5)31(39)42-16-7-2/h6-12,22,25-26,36H,1-3,13-21H2,4-5H3/t22?,25-,26-/m0/s1. The Bertz CT molecular complexity index is 1260. The van der Waals surface area contributed by atoms with Crippen LogP contribution >= 0.6 is 11.8 Å². The van der Waals surface area contributed by atoms with Gasteiger partial charge in [0.25, 0.3) is 0 Å². The van der Waals surface area contributed by atoms with Gasteiger partial charge in [0.05, 0.1) is 18.6 Å². The minimum Gasteiger partial charge on any atom is -0.457 e. The predicted molar refractivity (Wildman–Crippen MR) is 167 cm³/mol. The molecule has 44 heavy (non-hydrogen) atoms. The highest BCUT2D eigenvalue weighted by molar-refractivity contribution is 8.03. The maximum Gasteiger partial charge on any atom is 0.410 e. The van der Waals surface area contributed by atoms with Crippen LogP contribution in [0.1, 0.15) is 43.4 Å². The van der Waals surface area contributed by atoms with Crippen LogP contribution in [-0.2, 0) is 30.3 Å². The lowest BCUT2D eigenvalue weighted by Gasteiger charge is -2.24. The molecule has 3 rings (SSSR count). The Morgan fingerprint density at radius 3 is 2.32 bits per heavy atom. The van der Waals surface area contributed by atoms with E-state index in [0.717, 1.165) is 11.1 Å². The number of hydrogen-bond donors (Lipinski definition) is 1. The molecule has 12 heteroatoms. The maximum atomic E-state index is 13.1. The van der Waals surface area contributed by atoms with E-state index in [-0.39, 0.29) is 49.1 Å². The molecule has 0 saturated carbocycles. The number of carbonyl (C=O) groups is 4. The van der Waals surface area contributed by atoms with Gasteiger partial charge in [0.15, 0.2) is 0 Å². The van der Waals surface area contributed by atoms with Crippen molar-refractivity contribution >= 4 is 35.8 Å². The molecule has 2 heterocycles. The molecule has 238 valence electrons. The highest BCUT2D eigenvalue weighted by Crippen LogP contribution is 2.44. The molecule has 0 aromatic heterocycles. The summed E-state index contributed by atoms with van der Waals surface area (Å²) >= 11 is 1.45. The highest BCUT2D eigenvalue weighted by atomic mass is 32.2. The van der Waals surface area contributed by atoms with E-state index in [2.05, 4.69) is 19.7 Å². The maximum absolute atomic E-state index is 13.1. The van der Waals surface area contributed by atoms with Crippen LogP contribution in [-0.4, -0.2) is 95.2 Å². The second-order valence-corrected chi connectivity index (χ2v) is 11.9. The van der Waals surface area contributed by atoms with Gasteiger partial charge >= 0.3 is 18.2 Å². The summed E-state index contributed by atoms with van der Waals surface area (Å²) in [6, 6.07) is 7.35. The smallest absolute Gasteiger partial charge is 0.410 e. The Morgan fingerprint density at radius 2 is 1.68 bits per heavy atom. The van der Waals surface area contributed by atoms with Crippen molar-refractivity contribution in [2.24, 2.45) is 0 Å². The zero-order chi connectivity index (χ0) is 32.2. The SMILES string of the molecule is C=CCOC(=O)C1=C(S[C@H]2C[C@@H](c3ccc(CN(C)C(=O)OCC=C)cc3)N(C(=O)OCC=C)C2)CCN1C(=O)CC(C)O. The summed E-state index contributed by atoms with van der Waals surface area (Å²) in [5, 5.41) is 9.66. The second kappa shape index (κ2) is 16.7. The van der Waals surface area contributed by atoms with Crippen molar-refractivity contribution in [3.63, 3.8) is 0 Å².